The molecule has 1 saturated carbocycles. The van der Waals surface area contributed by atoms with Gasteiger partial charge >= 0.3 is 0 Å². The molecule has 2 N–H and O–H groups in total. The third kappa shape index (κ3) is 4.06. The number of fused-ring (bicyclic) bond motifs is 1. The van der Waals surface area contributed by atoms with Gasteiger partial charge in [-0.15, -0.1) is 0 Å². The van der Waals surface area contributed by atoms with E-state index in [1.54, 1.807) is 4.90 Å². The number of carbonyl (C=O) groups is 1. The molecule has 0 bridgehead atoms. The van der Waals surface area contributed by atoms with Gasteiger partial charge in [-0.05, 0) is 65.5 Å². The van der Waals surface area contributed by atoms with Crippen molar-refractivity contribution in [2.75, 3.05) is 41.8 Å². The smallest absolute Gasteiger partial charge is 0.234 e. The molecular weight excluding hydrogens is 364 g/mol. The van der Waals surface area contributed by atoms with Crippen molar-refractivity contribution in [2.24, 2.45) is 11.3 Å². The SMILES string of the molecule is C[C@H](Nc1ncc2c(n1)N(C1CCCC1)CC(C)(C)C(=O)N2C)C1CCNCC1. The Labute approximate surface area is 174 Å². The number of piperidine rings is 1. The summed E-state index contributed by atoms with van der Waals surface area (Å²) in [6.45, 7) is 9.20. The van der Waals surface area contributed by atoms with E-state index in [-0.39, 0.29) is 5.91 Å². The van der Waals surface area contributed by atoms with Gasteiger partial charge in [0.1, 0.15) is 5.69 Å². The quantitative estimate of drug-likeness (QED) is 0.809. The van der Waals surface area contributed by atoms with Crippen LogP contribution in [0.2, 0.25) is 0 Å². The number of hydrogen-bond donors (Lipinski definition) is 2. The average molecular weight is 401 g/mol. The third-order valence-electron chi connectivity index (χ3n) is 7.05. The van der Waals surface area contributed by atoms with Gasteiger partial charge in [-0.1, -0.05) is 12.8 Å². The lowest BCUT2D eigenvalue weighted by Gasteiger charge is -2.34. The van der Waals surface area contributed by atoms with E-state index in [0.29, 0.717) is 30.5 Å². The molecule has 4 rings (SSSR count). The molecule has 1 atom stereocenters. The normalized spacial score (nSPS) is 24.3. The summed E-state index contributed by atoms with van der Waals surface area (Å²) in [5.41, 5.74) is 0.376. The summed E-state index contributed by atoms with van der Waals surface area (Å²) in [6, 6.07) is 0.786. The highest BCUT2D eigenvalue weighted by atomic mass is 16.2. The van der Waals surface area contributed by atoms with Gasteiger partial charge < -0.3 is 20.4 Å². The summed E-state index contributed by atoms with van der Waals surface area (Å²) in [5.74, 6) is 2.35. The Balaban J connectivity index is 1.64. The second-order valence-electron chi connectivity index (χ2n) is 9.74. The van der Waals surface area contributed by atoms with Crippen LogP contribution in [0.4, 0.5) is 17.5 Å². The van der Waals surface area contributed by atoms with E-state index in [4.69, 9.17) is 4.98 Å². The molecule has 0 unspecified atom stereocenters. The lowest BCUT2D eigenvalue weighted by Crippen LogP contribution is -2.45. The summed E-state index contributed by atoms with van der Waals surface area (Å²) < 4.78 is 0. The maximum atomic E-state index is 13.1. The van der Waals surface area contributed by atoms with Gasteiger partial charge in [-0.2, -0.15) is 4.98 Å². The fourth-order valence-corrected chi connectivity index (χ4v) is 5.20. The monoisotopic (exact) mass is 400 g/mol. The molecule has 2 aliphatic heterocycles. The molecule has 1 aromatic heterocycles. The Morgan fingerprint density at radius 3 is 2.59 bits per heavy atom. The molecule has 7 heteroatoms. The van der Waals surface area contributed by atoms with E-state index < -0.39 is 5.41 Å². The Hall–Kier alpha value is -1.89. The molecule has 3 aliphatic rings. The number of nitrogens with zero attached hydrogens (tertiary/aromatic N) is 4. The first kappa shape index (κ1) is 20.4. The van der Waals surface area contributed by atoms with Gasteiger partial charge in [0.2, 0.25) is 11.9 Å². The van der Waals surface area contributed by atoms with E-state index in [2.05, 4.69) is 27.4 Å². The van der Waals surface area contributed by atoms with E-state index in [1.807, 2.05) is 27.1 Å². The number of amides is 1. The van der Waals surface area contributed by atoms with E-state index in [1.165, 1.54) is 38.5 Å². The zero-order valence-corrected chi connectivity index (χ0v) is 18.4. The summed E-state index contributed by atoms with van der Waals surface area (Å²) in [7, 11) is 1.86. The third-order valence-corrected chi connectivity index (χ3v) is 7.05. The van der Waals surface area contributed by atoms with Crippen molar-refractivity contribution >= 4 is 23.4 Å². The molecule has 1 amide bonds. The average Bonchev–Trinajstić information content (AvgIpc) is 3.24. The summed E-state index contributed by atoms with van der Waals surface area (Å²) in [5, 5.41) is 6.99. The van der Waals surface area contributed by atoms with Crippen molar-refractivity contribution in [3.63, 3.8) is 0 Å². The summed E-state index contributed by atoms with van der Waals surface area (Å²) in [4.78, 5) is 26.8. The number of hydrogen-bond acceptors (Lipinski definition) is 6. The molecule has 7 nitrogen and oxygen atoms in total. The Morgan fingerprint density at radius 2 is 1.90 bits per heavy atom. The molecule has 29 heavy (non-hydrogen) atoms. The van der Waals surface area contributed by atoms with Crippen molar-refractivity contribution in [3.05, 3.63) is 6.20 Å². The van der Waals surface area contributed by atoms with Gasteiger partial charge in [-0.25, -0.2) is 4.98 Å². The first-order valence-corrected chi connectivity index (χ1v) is 11.3. The lowest BCUT2D eigenvalue weighted by atomic mass is 9.91. The number of aromatic nitrogens is 2. The molecule has 1 saturated heterocycles. The predicted molar refractivity (Wildman–Crippen MR) is 118 cm³/mol. The molecule has 1 aliphatic carbocycles. The number of anilines is 3. The minimum Gasteiger partial charge on any atom is -0.351 e. The van der Waals surface area contributed by atoms with Gasteiger partial charge in [0.15, 0.2) is 5.82 Å². The lowest BCUT2D eigenvalue weighted by molar-refractivity contribution is -0.125. The summed E-state index contributed by atoms with van der Waals surface area (Å²) >= 11 is 0. The van der Waals surface area contributed by atoms with E-state index in [0.717, 1.165) is 24.6 Å². The minimum atomic E-state index is -0.450. The molecule has 0 aromatic carbocycles. The molecule has 3 heterocycles. The van der Waals surface area contributed by atoms with E-state index in [9.17, 15) is 4.79 Å². The van der Waals surface area contributed by atoms with Crippen molar-refractivity contribution in [1.82, 2.24) is 15.3 Å². The topological polar surface area (TPSA) is 73.4 Å². The van der Waals surface area contributed by atoms with Crippen molar-refractivity contribution in [2.45, 2.75) is 71.4 Å². The zero-order valence-electron chi connectivity index (χ0n) is 18.4. The van der Waals surface area contributed by atoms with Crippen LogP contribution < -0.4 is 20.4 Å². The highest BCUT2D eigenvalue weighted by molar-refractivity contribution is 6.00. The highest BCUT2D eigenvalue weighted by Gasteiger charge is 2.41. The number of nitrogens with one attached hydrogen (secondary N) is 2. The zero-order chi connectivity index (χ0) is 20.6. The van der Waals surface area contributed by atoms with Crippen LogP contribution in [-0.2, 0) is 4.79 Å². The van der Waals surface area contributed by atoms with Crippen molar-refractivity contribution in [3.8, 4) is 0 Å². The van der Waals surface area contributed by atoms with Gasteiger partial charge in [0.25, 0.3) is 0 Å². The van der Waals surface area contributed by atoms with Crippen LogP contribution in [0.3, 0.4) is 0 Å². The molecule has 0 radical (unpaired) electrons. The Morgan fingerprint density at radius 1 is 1.21 bits per heavy atom. The predicted octanol–water partition coefficient (Wildman–Crippen LogP) is 3.03. The van der Waals surface area contributed by atoms with Gasteiger partial charge in [0, 0.05) is 25.7 Å². The molecule has 160 valence electrons. The molecule has 1 aromatic rings. The maximum absolute atomic E-state index is 13.1. The minimum absolute atomic E-state index is 0.131. The van der Waals surface area contributed by atoms with Gasteiger partial charge in [-0.3, -0.25) is 4.79 Å². The fourth-order valence-electron chi connectivity index (χ4n) is 5.20. The first-order valence-electron chi connectivity index (χ1n) is 11.3. The standard InChI is InChI=1S/C22H36N6O/c1-15(16-9-11-23-12-10-16)25-21-24-13-18-19(26-21)28(17-7-5-6-8-17)14-22(2,3)20(29)27(18)4/h13,15-17,23H,5-12,14H2,1-4H3,(H,24,25,26)/t15-/m0/s1. The van der Waals surface area contributed by atoms with Crippen LogP contribution in [0.15, 0.2) is 6.20 Å². The van der Waals surface area contributed by atoms with Crippen molar-refractivity contribution in [1.29, 1.82) is 0 Å². The van der Waals surface area contributed by atoms with Gasteiger partial charge in [0.05, 0.1) is 11.6 Å². The second-order valence-corrected chi connectivity index (χ2v) is 9.74. The molecule has 2 fully saturated rings. The largest absolute Gasteiger partial charge is 0.351 e. The van der Waals surface area contributed by atoms with Crippen LogP contribution in [0, 0.1) is 11.3 Å². The van der Waals surface area contributed by atoms with E-state index >= 15 is 0 Å². The van der Waals surface area contributed by atoms with Crippen LogP contribution in [0.25, 0.3) is 0 Å². The molecule has 0 spiro atoms. The number of rotatable bonds is 4. The fraction of sp³-hybridized carbons (Fsp3) is 0.773. The van der Waals surface area contributed by atoms with Crippen LogP contribution in [-0.4, -0.2) is 54.6 Å². The Bertz CT molecular complexity index is 739. The van der Waals surface area contributed by atoms with Crippen LogP contribution in [0.1, 0.15) is 59.3 Å². The maximum Gasteiger partial charge on any atom is 0.234 e. The number of carbonyl (C=O) groups excluding carboxylic acids is 1. The summed E-state index contributed by atoms with van der Waals surface area (Å²) in [6.07, 6.45) is 9.04. The van der Waals surface area contributed by atoms with Crippen LogP contribution >= 0.6 is 0 Å². The second kappa shape index (κ2) is 8.09. The first-order chi connectivity index (χ1) is 13.9. The highest BCUT2D eigenvalue weighted by Crippen LogP contribution is 2.40. The van der Waals surface area contributed by atoms with Crippen LogP contribution in [0.5, 0.6) is 0 Å². The Kier molecular flexibility index (Phi) is 5.69. The molecular formula is C22H36N6O. The van der Waals surface area contributed by atoms with Crippen molar-refractivity contribution < 1.29 is 4.79 Å².